The van der Waals surface area contributed by atoms with Crippen LogP contribution in [0.1, 0.15) is 25.7 Å². The van der Waals surface area contributed by atoms with Crippen molar-refractivity contribution in [3.8, 4) is 0 Å². The second kappa shape index (κ2) is 4.99. The Balaban J connectivity index is 1.31. The van der Waals surface area contributed by atoms with E-state index in [1.807, 2.05) is 0 Å². The molecule has 4 unspecified atom stereocenters. The maximum Gasteiger partial charge on any atom is 0.104 e. The molecule has 4 nitrogen and oxygen atoms in total. The third-order valence-corrected chi connectivity index (χ3v) is 5.29. The highest BCUT2D eigenvalue weighted by Gasteiger charge is 2.51. The van der Waals surface area contributed by atoms with Gasteiger partial charge >= 0.3 is 0 Å². The molecule has 2 saturated carbocycles. The highest BCUT2D eigenvalue weighted by molar-refractivity contribution is 5.00. The molecule has 4 heteroatoms. The van der Waals surface area contributed by atoms with E-state index in [1.165, 1.54) is 25.7 Å². The van der Waals surface area contributed by atoms with Crippen molar-refractivity contribution in [2.45, 2.75) is 37.9 Å². The van der Waals surface area contributed by atoms with Gasteiger partial charge in [0.1, 0.15) is 12.2 Å². The zero-order valence-corrected chi connectivity index (χ0v) is 11.5. The first-order chi connectivity index (χ1) is 9.34. The standard InChI is InChI=1S/C15H24O4/c1-2-12-3-11(1)4-15(12,9-16-5-13-7-18-13)10-17-6-14-8-19-14/h11-14H,1-10H2. The van der Waals surface area contributed by atoms with E-state index < -0.39 is 0 Å². The molecule has 0 radical (unpaired) electrons. The van der Waals surface area contributed by atoms with Crippen molar-refractivity contribution in [3.05, 3.63) is 0 Å². The minimum Gasteiger partial charge on any atom is -0.378 e. The average molecular weight is 268 g/mol. The SMILES string of the molecule is C1CC2CC1CC2(COCC1CO1)COCC1CO1. The fourth-order valence-electron chi connectivity index (χ4n) is 4.07. The minimum atomic E-state index is 0.284. The summed E-state index contributed by atoms with van der Waals surface area (Å²) < 4.78 is 22.3. The summed E-state index contributed by atoms with van der Waals surface area (Å²) in [5.74, 6) is 1.74. The monoisotopic (exact) mass is 268 g/mol. The normalized spacial score (nSPS) is 46.7. The molecule has 2 bridgehead atoms. The van der Waals surface area contributed by atoms with Crippen LogP contribution < -0.4 is 0 Å². The zero-order valence-electron chi connectivity index (χ0n) is 11.5. The lowest BCUT2D eigenvalue weighted by Crippen LogP contribution is -2.38. The largest absolute Gasteiger partial charge is 0.378 e. The first kappa shape index (κ1) is 12.6. The average Bonchev–Trinajstić information content (AvgIpc) is 3.31. The molecule has 108 valence electrons. The van der Waals surface area contributed by atoms with Gasteiger partial charge in [0.25, 0.3) is 0 Å². The van der Waals surface area contributed by atoms with Crippen molar-refractivity contribution >= 4 is 0 Å². The smallest absolute Gasteiger partial charge is 0.104 e. The highest BCUT2D eigenvalue weighted by atomic mass is 16.6. The number of hydrogen-bond acceptors (Lipinski definition) is 4. The summed E-state index contributed by atoms with van der Waals surface area (Å²) in [6, 6.07) is 0. The first-order valence-electron chi connectivity index (χ1n) is 7.73. The van der Waals surface area contributed by atoms with Gasteiger partial charge in [0, 0.05) is 5.41 Å². The van der Waals surface area contributed by atoms with Gasteiger partial charge in [0.15, 0.2) is 0 Å². The van der Waals surface area contributed by atoms with Gasteiger partial charge in [-0.25, -0.2) is 0 Å². The predicted molar refractivity (Wildman–Crippen MR) is 69.0 cm³/mol. The van der Waals surface area contributed by atoms with Crippen molar-refractivity contribution < 1.29 is 18.9 Å². The van der Waals surface area contributed by atoms with Crippen molar-refractivity contribution in [2.75, 3.05) is 39.6 Å². The second-order valence-corrected chi connectivity index (χ2v) is 6.88. The molecule has 2 heterocycles. The molecule has 0 N–H and O–H groups in total. The highest BCUT2D eigenvalue weighted by Crippen LogP contribution is 2.56. The summed E-state index contributed by atoms with van der Waals surface area (Å²) in [6.45, 7) is 5.03. The summed E-state index contributed by atoms with van der Waals surface area (Å²) in [4.78, 5) is 0. The summed E-state index contributed by atoms with van der Waals surface area (Å²) in [6.07, 6.45) is 6.23. The predicted octanol–water partition coefficient (Wildman–Crippen LogP) is 1.62. The van der Waals surface area contributed by atoms with Crippen molar-refractivity contribution in [1.29, 1.82) is 0 Å². The molecule has 4 fully saturated rings. The maximum absolute atomic E-state index is 5.93. The molecule has 0 aromatic heterocycles. The van der Waals surface area contributed by atoms with Gasteiger partial charge in [-0.05, 0) is 31.1 Å². The van der Waals surface area contributed by atoms with Crippen molar-refractivity contribution in [2.24, 2.45) is 17.3 Å². The fraction of sp³-hybridized carbons (Fsp3) is 1.00. The molecule has 2 aliphatic heterocycles. The molecular weight excluding hydrogens is 244 g/mol. The van der Waals surface area contributed by atoms with Gasteiger partial charge < -0.3 is 18.9 Å². The molecule has 2 saturated heterocycles. The van der Waals surface area contributed by atoms with E-state index in [1.54, 1.807) is 0 Å². The fourth-order valence-corrected chi connectivity index (χ4v) is 4.07. The summed E-state index contributed by atoms with van der Waals surface area (Å²) in [5, 5.41) is 0. The van der Waals surface area contributed by atoms with Crippen LogP contribution in [0, 0.1) is 17.3 Å². The number of hydrogen-bond donors (Lipinski definition) is 0. The Morgan fingerprint density at radius 2 is 1.58 bits per heavy atom. The first-order valence-corrected chi connectivity index (χ1v) is 7.73. The Kier molecular flexibility index (Phi) is 3.30. The molecule has 4 atom stereocenters. The Morgan fingerprint density at radius 3 is 2.00 bits per heavy atom. The van der Waals surface area contributed by atoms with E-state index in [4.69, 9.17) is 18.9 Å². The number of fused-ring (bicyclic) bond motifs is 2. The molecule has 4 aliphatic rings. The molecule has 0 aromatic rings. The van der Waals surface area contributed by atoms with E-state index in [0.29, 0.717) is 12.2 Å². The quantitative estimate of drug-likeness (QED) is 0.628. The topological polar surface area (TPSA) is 43.5 Å². The molecule has 0 amide bonds. The van der Waals surface area contributed by atoms with Crippen molar-refractivity contribution in [1.82, 2.24) is 0 Å². The van der Waals surface area contributed by atoms with E-state index >= 15 is 0 Å². The van der Waals surface area contributed by atoms with Crippen LogP contribution in [0.3, 0.4) is 0 Å². The van der Waals surface area contributed by atoms with E-state index in [9.17, 15) is 0 Å². The second-order valence-electron chi connectivity index (χ2n) is 6.88. The van der Waals surface area contributed by atoms with Crippen LogP contribution in [-0.2, 0) is 18.9 Å². The zero-order chi connectivity index (χ0) is 12.7. The van der Waals surface area contributed by atoms with E-state index in [-0.39, 0.29) is 5.41 Å². The third-order valence-electron chi connectivity index (χ3n) is 5.29. The van der Waals surface area contributed by atoms with Gasteiger partial charge in [-0.2, -0.15) is 0 Å². The van der Waals surface area contributed by atoms with E-state index in [2.05, 4.69) is 0 Å². The lowest BCUT2D eigenvalue weighted by molar-refractivity contribution is -0.0570. The molecule has 0 aromatic carbocycles. The van der Waals surface area contributed by atoms with Crippen LogP contribution >= 0.6 is 0 Å². The van der Waals surface area contributed by atoms with Crippen LogP contribution in [0.2, 0.25) is 0 Å². The molecule has 2 aliphatic carbocycles. The Labute approximate surface area is 114 Å². The summed E-state index contributed by atoms with van der Waals surface area (Å²) in [7, 11) is 0. The lowest BCUT2D eigenvalue weighted by Gasteiger charge is -2.37. The van der Waals surface area contributed by atoms with Crippen LogP contribution in [0.5, 0.6) is 0 Å². The van der Waals surface area contributed by atoms with Gasteiger partial charge in [0.05, 0.1) is 39.6 Å². The van der Waals surface area contributed by atoms with Crippen LogP contribution in [0.4, 0.5) is 0 Å². The third kappa shape index (κ3) is 2.82. The number of rotatable bonds is 8. The molecule has 4 rings (SSSR count). The Bertz CT molecular complexity index is 306. The number of epoxide rings is 2. The lowest BCUT2D eigenvalue weighted by atomic mass is 9.74. The molecular formula is C15H24O4. The number of ether oxygens (including phenoxy) is 4. The van der Waals surface area contributed by atoms with Crippen molar-refractivity contribution in [3.63, 3.8) is 0 Å². The maximum atomic E-state index is 5.93. The van der Waals surface area contributed by atoms with Gasteiger partial charge in [-0.1, -0.05) is 6.42 Å². The van der Waals surface area contributed by atoms with Gasteiger partial charge in [-0.3, -0.25) is 0 Å². The van der Waals surface area contributed by atoms with E-state index in [0.717, 1.165) is 51.5 Å². The minimum absolute atomic E-state index is 0.284. The summed E-state index contributed by atoms with van der Waals surface area (Å²) >= 11 is 0. The molecule has 19 heavy (non-hydrogen) atoms. The Hall–Kier alpha value is -0.160. The Morgan fingerprint density at radius 1 is 0.947 bits per heavy atom. The van der Waals surface area contributed by atoms with Gasteiger partial charge in [0.2, 0.25) is 0 Å². The molecule has 0 spiro atoms. The van der Waals surface area contributed by atoms with Crippen LogP contribution in [0.25, 0.3) is 0 Å². The van der Waals surface area contributed by atoms with Crippen LogP contribution in [-0.4, -0.2) is 51.8 Å². The van der Waals surface area contributed by atoms with Gasteiger partial charge in [-0.15, -0.1) is 0 Å². The van der Waals surface area contributed by atoms with Crippen LogP contribution in [0.15, 0.2) is 0 Å². The summed E-state index contributed by atoms with van der Waals surface area (Å²) in [5.41, 5.74) is 0.284.